The number of amidine groups is 1. The zero-order chi connectivity index (χ0) is 23.5. The number of thioether (sulfide) groups is 1. The largest absolute Gasteiger partial charge is 0.504 e. The lowest BCUT2D eigenvalue weighted by atomic mass is 9.94. The monoisotopic (exact) mass is 491 g/mol. The van der Waals surface area contributed by atoms with Crippen LogP contribution in [0.3, 0.4) is 0 Å². The number of rotatable bonds is 5. The van der Waals surface area contributed by atoms with Gasteiger partial charge in [0, 0.05) is 17.0 Å². The highest BCUT2D eigenvalue weighted by molar-refractivity contribution is 8.18. The summed E-state index contributed by atoms with van der Waals surface area (Å²) in [5.74, 6) is 0.417. The van der Waals surface area contributed by atoms with Gasteiger partial charge in [-0.2, -0.15) is 4.99 Å². The van der Waals surface area contributed by atoms with Gasteiger partial charge < -0.3 is 9.84 Å². The van der Waals surface area contributed by atoms with Crippen molar-refractivity contribution < 1.29 is 14.6 Å². The van der Waals surface area contributed by atoms with Crippen molar-refractivity contribution in [1.82, 2.24) is 9.88 Å². The molecule has 3 aromatic rings. The van der Waals surface area contributed by atoms with Crippen LogP contribution in [0.4, 0.5) is 5.13 Å². The second kappa shape index (κ2) is 10.0. The number of phenols is 1. The third-order valence-electron chi connectivity index (χ3n) is 6.03. The summed E-state index contributed by atoms with van der Waals surface area (Å²) < 4.78 is 5.22. The van der Waals surface area contributed by atoms with E-state index < -0.39 is 0 Å². The van der Waals surface area contributed by atoms with Crippen LogP contribution >= 0.6 is 23.1 Å². The number of hydrogen-bond acceptors (Lipinski definition) is 7. The Labute approximate surface area is 207 Å². The SMILES string of the molecule is COc1cc(/C=C2\S/C(=N/c3nc(-c4ccccc4)cs3)N(C3CCCCC3)C2=O)ccc1O. The van der Waals surface area contributed by atoms with Crippen molar-refractivity contribution in [2.45, 2.75) is 38.1 Å². The fourth-order valence-corrected chi connectivity index (χ4v) is 6.09. The number of amides is 1. The Balaban J connectivity index is 1.48. The van der Waals surface area contributed by atoms with Crippen LogP contribution in [-0.2, 0) is 4.79 Å². The van der Waals surface area contributed by atoms with E-state index in [2.05, 4.69) is 0 Å². The minimum absolute atomic E-state index is 0.0254. The van der Waals surface area contributed by atoms with Crippen LogP contribution in [0.15, 0.2) is 63.8 Å². The third kappa shape index (κ3) is 4.74. The number of ether oxygens (including phenoxy) is 1. The Bertz CT molecular complexity index is 1250. The molecule has 2 aromatic carbocycles. The molecule has 6 nitrogen and oxygen atoms in total. The maximum atomic E-state index is 13.5. The summed E-state index contributed by atoms with van der Waals surface area (Å²) in [7, 11) is 1.51. The smallest absolute Gasteiger partial charge is 0.267 e. The summed E-state index contributed by atoms with van der Waals surface area (Å²) in [4.78, 5) is 25.5. The Morgan fingerprint density at radius 2 is 1.94 bits per heavy atom. The molecule has 1 aromatic heterocycles. The third-order valence-corrected chi connectivity index (χ3v) is 7.75. The molecule has 1 amide bonds. The van der Waals surface area contributed by atoms with Crippen LogP contribution in [0, 0.1) is 0 Å². The predicted octanol–water partition coefficient (Wildman–Crippen LogP) is 6.46. The van der Waals surface area contributed by atoms with Gasteiger partial charge in [0.2, 0.25) is 5.13 Å². The van der Waals surface area contributed by atoms with Crippen molar-refractivity contribution in [2.24, 2.45) is 4.99 Å². The lowest BCUT2D eigenvalue weighted by Gasteiger charge is -2.30. The first-order valence-electron chi connectivity index (χ1n) is 11.3. The van der Waals surface area contributed by atoms with Crippen LogP contribution in [-0.4, -0.2) is 39.2 Å². The van der Waals surface area contributed by atoms with Crippen molar-refractivity contribution in [1.29, 1.82) is 0 Å². The summed E-state index contributed by atoms with van der Waals surface area (Å²) in [6, 6.07) is 15.2. The Kier molecular flexibility index (Phi) is 6.69. The maximum absolute atomic E-state index is 13.5. The van der Waals surface area contributed by atoms with Crippen LogP contribution in [0.1, 0.15) is 37.7 Å². The van der Waals surface area contributed by atoms with Crippen molar-refractivity contribution in [3.63, 3.8) is 0 Å². The second-order valence-corrected chi connectivity index (χ2v) is 10.1. The van der Waals surface area contributed by atoms with Gasteiger partial charge in [-0.25, -0.2) is 4.98 Å². The van der Waals surface area contributed by atoms with Crippen molar-refractivity contribution >= 4 is 45.4 Å². The molecular formula is C26H25N3O3S2. The standard InChI is InChI=1S/C26H25N3O3S2/c1-32-22-14-17(12-13-21(22)30)15-23-24(31)29(19-10-6-3-7-11-19)26(34-23)28-25-27-20(16-33-25)18-8-4-2-5-9-18/h2,4-5,8-9,12-16,19,30H,3,6-7,10-11H2,1H3/b23-15-,28-26+. The number of hydrogen-bond donors (Lipinski definition) is 1. The molecular weight excluding hydrogens is 466 g/mol. The molecule has 0 atom stereocenters. The van der Waals surface area contributed by atoms with E-state index in [9.17, 15) is 9.90 Å². The first-order chi connectivity index (χ1) is 16.6. The van der Waals surface area contributed by atoms with E-state index in [1.54, 1.807) is 18.2 Å². The first-order valence-corrected chi connectivity index (χ1v) is 13.0. The van der Waals surface area contributed by atoms with E-state index in [1.807, 2.05) is 46.7 Å². The average Bonchev–Trinajstić information content (AvgIpc) is 3.46. The van der Waals surface area contributed by atoms with Gasteiger partial charge in [-0.1, -0.05) is 55.7 Å². The zero-order valence-corrected chi connectivity index (χ0v) is 20.4. The molecule has 8 heteroatoms. The molecule has 5 rings (SSSR count). The molecule has 1 aliphatic heterocycles. The van der Waals surface area contributed by atoms with Gasteiger partial charge in [0.1, 0.15) is 0 Å². The number of methoxy groups -OCH3 is 1. The molecule has 0 bridgehead atoms. The normalized spacial score (nSPS) is 19.3. The number of phenolic OH excluding ortho intramolecular Hbond substituents is 1. The minimum atomic E-state index is -0.0254. The highest BCUT2D eigenvalue weighted by Gasteiger charge is 2.38. The first kappa shape index (κ1) is 22.7. The van der Waals surface area contributed by atoms with E-state index in [-0.39, 0.29) is 17.7 Å². The van der Waals surface area contributed by atoms with Gasteiger partial charge in [-0.15, -0.1) is 11.3 Å². The Morgan fingerprint density at radius 3 is 2.71 bits per heavy atom. The molecule has 1 aliphatic carbocycles. The Morgan fingerprint density at radius 1 is 1.15 bits per heavy atom. The summed E-state index contributed by atoms with van der Waals surface area (Å²) >= 11 is 2.86. The van der Waals surface area contributed by atoms with E-state index in [1.165, 1.54) is 36.6 Å². The van der Waals surface area contributed by atoms with E-state index in [0.29, 0.717) is 21.0 Å². The van der Waals surface area contributed by atoms with Crippen LogP contribution < -0.4 is 4.74 Å². The summed E-state index contributed by atoms with van der Waals surface area (Å²) in [6.45, 7) is 0. The maximum Gasteiger partial charge on any atom is 0.267 e. The van der Waals surface area contributed by atoms with E-state index in [4.69, 9.17) is 14.7 Å². The zero-order valence-electron chi connectivity index (χ0n) is 18.8. The molecule has 2 fully saturated rings. The van der Waals surface area contributed by atoms with Crippen molar-refractivity contribution in [3.05, 3.63) is 64.4 Å². The average molecular weight is 492 g/mol. The molecule has 1 saturated carbocycles. The molecule has 2 aliphatic rings. The molecule has 34 heavy (non-hydrogen) atoms. The molecule has 0 radical (unpaired) electrons. The van der Waals surface area contributed by atoms with Gasteiger partial charge >= 0.3 is 0 Å². The van der Waals surface area contributed by atoms with Crippen molar-refractivity contribution in [3.8, 4) is 22.8 Å². The predicted molar refractivity (Wildman–Crippen MR) is 139 cm³/mol. The van der Waals surface area contributed by atoms with Gasteiger partial charge in [0.05, 0.1) is 17.7 Å². The summed E-state index contributed by atoms with van der Waals surface area (Å²) in [5, 5.41) is 13.2. The fourth-order valence-electron chi connectivity index (χ4n) is 4.30. The number of carbonyl (C=O) groups excluding carboxylic acids is 1. The molecule has 0 unspecified atom stereocenters. The van der Waals surface area contributed by atoms with Gasteiger partial charge in [0.25, 0.3) is 5.91 Å². The number of nitrogens with zero attached hydrogens (tertiary/aromatic N) is 3. The number of carbonyl (C=O) groups is 1. The van der Waals surface area contributed by atoms with E-state index in [0.717, 1.165) is 42.5 Å². The van der Waals surface area contributed by atoms with Crippen LogP contribution in [0.5, 0.6) is 11.5 Å². The van der Waals surface area contributed by atoms with E-state index >= 15 is 0 Å². The number of aromatic hydroxyl groups is 1. The van der Waals surface area contributed by atoms with Gasteiger partial charge in [-0.05, 0) is 48.4 Å². The fraction of sp³-hybridized carbons (Fsp3) is 0.269. The van der Waals surface area contributed by atoms with Gasteiger partial charge in [-0.3, -0.25) is 9.69 Å². The van der Waals surface area contributed by atoms with Gasteiger partial charge in [0.15, 0.2) is 16.7 Å². The number of thiazole rings is 1. The van der Waals surface area contributed by atoms with Crippen LogP contribution in [0.2, 0.25) is 0 Å². The molecule has 1 N–H and O–H groups in total. The quantitative estimate of drug-likeness (QED) is 0.415. The molecule has 0 spiro atoms. The number of aromatic nitrogens is 1. The molecule has 1 saturated heterocycles. The van der Waals surface area contributed by atoms with Crippen molar-refractivity contribution in [2.75, 3.05) is 7.11 Å². The lowest BCUT2D eigenvalue weighted by Crippen LogP contribution is -2.40. The summed E-state index contributed by atoms with van der Waals surface area (Å²) in [5.41, 5.74) is 2.72. The highest BCUT2D eigenvalue weighted by Crippen LogP contribution is 2.40. The number of benzene rings is 2. The number of aliphatic imine (C=N–C) groups is 1. The Hall–Kier alpha value is -3.10. The molecule has 2 heterocycles. The topological polar surface area (TPSA) is 75.0 Å². The minimum Gasteiger partial charge on any atom is -0.504 e. The highest BCUT2D eigenvalue weighted by atomic mass is 32.2. The second-order valence-electron chi connectivity index (χ2n) is 8.28. The summed E-state index contributed by atoms with van der Waals surface area (Å²) in [6.07, 6.45) is 7.26. The molecule has 174 valence electrons. The lowest BCUT2D eigenvalue weighted by molar-refractivity contribution is -0.124. The van der Waals surface area contributed by atoms with Crippen LogP contribution in [0.25, 0.3) is 17.3 Å².